The van der Waals surface area contributed by atoms with Gasteiger partial charge in [0.1, 0.15) is 0 Å². The van der Waals surface area contributed by atoms with E-state index in [1.807, 2.05) is 18.4 Å². The zero-order chi connectivity index (χ0) is 8.81. The van der Waals surface area contributed by atoms with Crippen LogP contribution in [-0.4, -0.2) is 22.1 Å². The predicted octanol–water partition coefficient (Wildman–Crippen LogP) is 1.87. The van der Waals surface area contributed by atoms with E-state index in [4.69, 9.17) is 0 Å². The SMILES string of the molecule is CSCCC(O)c1ccncc1. The average molecular weight is 183 g/mol. The highest BCUT2D eigenvalue weighted by molar-refractivity contribution is 7.98. The van der Waals surface area contributed by atoms with E-state index >= 15 is 0 Å². The van der Waals surface area contributed by atoms with Crippen molar-refractivity contribution in [1.29, 1.82) is 0 Å². The zero-order valence-corrected chi connectivity index (χ0v) is 7.92. The van der Waals surface area contributed by atoms with Crippen LogP contribution in [0.15, 0.2) is 24.5 Å². The minimum absolute atomic E-state index is 0.333. The molecule has 0 saturated heterocycles. The van der Waals surface area contributed by atoms with Gasteiger partial charge in [0.25, 0.3) is 0 Å². The summed E-state index contributed by atoms with van der Waals surface area (Å²) in [6, 6.07) is 3.70. The molecule has 1 unspecified atom stereocenters. The van der Waals surface area contributed by atoms with E-state index in [1.54, 1.807) is 24.2 Å². The van der Waals surface area contributed by atoms with Crippen LogP contribution >= 0.6 is 11.8 Å². The van der Waals surface area contributed by atoms with Crippen molar-refractivity contribution in [2.45, 2.75) is 12.5 Å². The van der Waals surface area contributed by atoms with Crippen molar-refractivity contribution in [2.24, 2.45) is 0 Å². The van der Waals surface area contributed by atoms with E-state index in [2.05, 4.69) is 4.98 Å². The molecule has 12 heavy (non-hydrogen) atoms. The lowest BCUT2D eigenvalue weighted by Crippen LogP contribution is -1.98. The third-order valence-corrected chi connectivity index (χ3v) is 2.33. The Labute approximate surface area is 77.0 Å². The Bertz CT molecular complexity index is 215. The summed E-state index contributed by atoms with van der Waals surface area (Å²) in [7, 11) is 0. The van der Waals surface area contributed by atoms with Crippen LogP contribution in [0.1, 0.15) is 18.1 Å². The summed E-state index contributed by atoms with van der Waals surface area (Å²) < 4.78 is 0. The smallest absolute Gasteiger partial charge is 0.0799 e. The van der Waals surface area contributed by atoms with Gasteiger partial charge in [-0.25, -0.2) is 0 Å². The second-order valence-corrected chi connectivity index (χ2v) is 3.56. The van der Waals surface area contributed by atoms with Crippen molar-refractivity contribution in [3.8, 4) is 0 Å². The van der Waals surface area contributed by atoms with Gasteiger partial charge in [-0.05, 0) is 36.1 Å². The van der Waals surface area contributed by atoms with Gasteiger partial charge in [0, 0.05) is 12.4 Å². The van der Waals surface area contributed by atoms with Crippen molar-refractivity contribution >= 4 is 11.8 Å². The van der Waals surface area contributed by atoms with Gasteiger partial charge in [0.2, 0.25) is 0 Å². The molecule has 1 atom stereocenters. The van der Waals surface area contributed by atoms with E-state index < -0.39 is 0 Å². The van der Waals surface area contributed by atoms with Gasteiger partial charge in [-0.2, -0.15) is 11.8 Å². The third kappa shape index (κ3) is 2.83. The summed E-state index contributed by atoms with van der Waals surface area (Å²) in [4.78, 5) is 3.89. The van der Waals surface area contributed by atoms with Crippen LogP contribution in [0.4, 0.5) is 0 Å². The number of aliphatic hydroxyl groups is 1. The van der Waals surface area contributed by atoms with E-state index in [0.29, 0.717) is 0 Å². The fourth-order valence-electron chi connectivity index (χ4n) is 0.982. The maximum Gasteiger partial charge on any atom is 0.0799 e. The fraction of sp³-hybridized carbons (Fsp3) is 0.444. The van der Waals surface area contributed by atoms with Crippen LogP contribution in [0, 0.1) is 0 Å². The molecular weight excluding hydrogens is 170 g/mol. The molecule has 0 spiro atoms. The van der Waals surface area contributed by atoms with Gasteiger partial charge in [-0.15, -0.1) is 0 Å². The van der Waals surface area contributed by atoms with Crippen LogP contribution in [0.2, 0.25) is 0 Å². The van der Waals surface area contributed by atoms with E-state index in [0.717, 1.165) is 17.7 Å². The lowest BCUT2D eigenvalue weighted by Gasteiger charge is -2.08. The monoisotopic (exact) mass is 183 g/mol. The maximum absolute atomic E-state index is 9.61. The molecule has 0 fully saturated rings. The largest absolute Gasteiger partial charge is 0.388 e. The molecular formula is C9H13NOS. The van der Waals surface area contributed by atoms with Crippen molar-refractivity contribution in [3.63, 3.8) is 0 Å². The molecule has 0 aliphatic carbocycles. The molecule has 1 rings (SSSR count). The number of hydrogen-bond acceptors (Lipinski definition) is 3. The quantitative estimate of drug-likeness (QED) is 0.773. The zero-order valence-electron chi connectivity index (χ0n) is 7.10. The Hall–Kier alpha value is -0.540. The predicted molar refractivity (Wildman–Crippen MR) is 52.2 cm³/mol. The van der Waals surface area contributed by atoms with Gasteiger partial charge < -0.3 is 5.11 Å². The molecule has 0 aliphatic heterocycles. The lowest BCUT2D eigenvalue weighted by molar-refractivity contribution is 0.175. The van der Waals surface area contributed by atoms with Crippen LogP contribution in [0.25, 0.3) is 0 Å². The number of nitrogens with zero attached hydrogens (tertiary/aromatic N) is 1. The molecule has 66 valence electrons. The van der Waals surface area contributed by atoms with Gasteiger partial charge in [-0.3, -0.25) is 4.98 Å². The molecule has 0 amide bonds. The second-order valence-electron chi connectivity index (χ2n) is 2.58. The Morgan fingerprint density at radius 2 is 2.17 bits per heavy atom. The van der Waals surface area contributed by atoms with Crippen LogP contribution in [-0.2, 0) is 0 Å². The Morgan fingerprint density at radius 3 is 2.75 bits per heavy atom. The van der Waals surface area contributed by atoms with Gasteiger partial charge in [0.15, 0.2) is 0 Å². The molecule has 1 aromatic rings. The first kappa shape index (κ1) is 9.55. The number of aliphatic hydroxyl groups excluding tert-OH is 1. The molecule has 2 nitrogen and oxygen atoms in total. The molecule has 1 heterocycles. The van der Waals surface area contributed by atoms with E-state index in [1.165, 1.54) is 0 Å². The van der Waals surface area contributed by atoms with E-state index in [9.17, 15) is 5.11 Å². The topological polar surface area (TPSA) is 33.1 Å². The molecule has 1 N–H and O–H groups in total. The summed E-state index contributed by atoms with van der Waals surface area (Å²) in [5.74, 6) is 0.990. The molecule has 0 aromatic carbocycles. The highest BCUT2D eigenvalue weighted by atomic mass is 32.2. The molecule has 1 aromatic heterocycles. The first-order chi connectivity index (χ1) is 5.84. The average Bonchev–Trinajstić information content (AvgIpc) is 2.15. The van der Waals surface area contributed by atoms with Gasteiger partial charge in [-0.1, -0.05) is 0 Å². The summed E-state index contributed by atoms with van der Waals surface area (Å²) in [6.07, 6.45) is 5.93. The van der Waals surface area contributed by atoms with Crippen LogP contribution in [0.3, 0.4) is 0 Å². The summed E-state index contributed by atoms with van der Waals surface area (Å²) in [5.41, 5.74) is 0.957. The standard InChI is InChI=1S/C9H13NOS/c1-12-7-4-9(11)8-2-5-10-6-3-8/h2-3,5-6,9,11H,4,7H2,1H3. The minimum atomic E-state index is -0.333. The van der Waals surface area contributed by atoms with Crippen molar-refractivity contribution in [3.05, 3.63) is 30.1 Å². The summed E-state index contributed by atoms with van der Waals surface area (Å²) in [6.45, 7) is 0. The first-order valence-electron chi connectivity index (χ1n) is 3.91. The normalized spacial score (nSPS) is 12.8. The number of rotatable bonds is 4. The number of thioether (sulfide) groups is 1. The molecule has 0 aliphatic rings. The summed E-state index contributed by atoms with van der Waals surface area (Å²) in [5, 5.41) is 9.61. The summed E-state index contributed by atoms with van der Waals surface area (Å²) >= 11 is 1.75. The van der Waals surface area contributed by atoms with Crippen molar-refractivity contribution in [2.75, 3.05) is 12.0 Å². The Balaban J connectivity index is 2.48. The minimum Gasteiger partial charge on any atom is -0.388 e. The highest BCUT2D eigenvalue weighted by Crippen LogP contribution is 2.16. The molecule has 3 heteroatoms. The van der Waals surface area contributed by atoms with Gasteiger partial charge in [0.05, 0.1) is 6.10 Å². The van der Waals surface area contributed by atoms with Crippen LogP contribution in [0.5, 0.6) is 0 Å². The Morgan fingerprint density at radius 1 is 1.50 bits per heavy atom. The number of pyridine rings is 1. The van der Waals surface area contributed by atoms with Gasteiger partial charge >= 0.3 is 0 Å². The molecule has 0 saturated carbocycles. The Kier molecular flexibility index (Phi) is 4.11. The third-order valence-electron chi connectivity index (χ3n) is 1.69. The van der Waals surface area contributed by atoms with Crippen molar-refractivity contribution in [1.82, 2.24) is 4.98 Å². The van der Waals surface area contributed by atoms with Crippen molar-refractivity contribution < 1.29 is 5.11 Å². The van der Waals surface area contributed by atoms with E-state index in [-0.39, 0.29) is 6.10 Å². The first-order valence-corrected chi connectivity index (χ1v) is 5.31. The molecule has 0 radical (unpaired) electrons. The number of aromatic nitrogens is 1. The van der Waals surface area contributed by atoms with Crippen LogP contribution < -0.4 is 0 Å². The maximum atomic E-state index is 9.61. The second kappa shape index (κ2) is 5.17. The highest BCUT2D eigenvalue weighted by Gasteiger charge is 2.04. The molecule has 0 bridgehead atoms. The lowest BCUT2D eigenvalue weighted by atomic mass is 10.1. The number of hydrogen-bond donors (Lipinski definition) is 1. The fourth-order valence-corrected chi connectivity index (χ4v) is 1.44.